The Kier molecular flexibility index (Phi) is 8.28. The Labute approximate surface area is 169 Å². The maximum Gasteiger partial charge on any atom is 0.261 e. The summed E-state index contributed by atoms with van der Waals surface area (Å²) in [5.74, 6) is -0.200. The molecule has 1 aromatic carbocycles. The van der Waals surface area contributed by atoms with E-state index >= 15 is 0 Å². The monoisotopic (exact) mass is 407 g/mol. The number of benzene rings is 1. The highest BCUT2D eigenvalue weighted by molar-refractivity contribution is 7.14. The summed E-state index contributed by atoms with van der Waals surface area (Å²) in [5, 5.41) is 6.48. The minimum atomic E-state index is -0.113. The Morgan fingerprint density at radius 2 is 1.81 bits per heavy atom. The molecule has 5 nitrogen and oxygen atoms in total. The lowest BCUT2D eigenvalue weighted by Crippen LogP contribution is -2.38. The quantitative estimate of drug-likeness (QED) is 0.663. The first-order valence-electron chi connectivity index (χ1n) is 9.06. The Bertz CT molecular complexity index is 774. The van der Waals surface area contributed by atoms with Gasteiger partial charge in [-0.2, -0.15) is 0 Å². The Morgan fingerprint density at radius 1 is 1.11 bits per heavy atom. The predicted octanol–water partition coefficient (Wildman–Crippen LogP) is 3.85. The van der Waals surface area contributed by atoms with Crippen LogP contribution in [0, 0.1) is 0 Å². The van der Waals surface area contributed by atoms with Gasteiger partial charge in [0.2, 0.25) is 5.91 Å². The van der Waals surface area contributed by atoms with Crippen molar-refractivity contribution in [3.05, 3.63) is 56.7 Å². The van der Waals surface area contributed by atoms with E-state index in [1.165, 1.54) is 18.3 Å². The maximum atomic E-state index is 12.6. The van der Waals surface area contributed by atoms with Crippen molar-refractivity contribution in [1.29, 1.82) is 0 Å². The van der Waals surface area contributed by atoms with Gasteiger partial charge in [0.25, 0.3) is 5.91 Å². The number of thiophene rings is 1. The molecule has 0 radical (unpaired) electrons. The van der Waals surface area contributed by atoms with E-state index in [1.807, 2.05) is 30.3 Å². The molecule has 0 saturated heterocycles. The average Bonchev–Trinajstić information content (AvgIpc) is 3.13. The molecule has 7 heteroatoms. The number of hydrogen-bond donors (Lipinski definition) is 2. The van der Waals surface area contributed by atoms with Crippen molar-refractivity contribution in [3.8, 4) is 0 Å². The van der Waals surface area contributed by atoms with Gasteiger partial charge >= 0.3 is 0 Å². The third-order valence-corrected chi connectivity index (χ3v) is 5.80. The average molecular weight is 408 g/mol. The van der Waals surface area contributed by atoms with E-state index < -0.39 is 0 Å². The lowest BCUT2D eigenvalue weighted by atomic mass is 10.0. The van der Waals surface area contributed by atoms with Crippen LogP contribution in [0.1, 0.15) is 46.9 Å². The SMILES string of the molecule is CCN(CC)C(CNC(=O)c1ccc(CNC(C)=O)s1)c1ccccc1Cl. The van der Waals surface area contributed by atoms with Gasteiger partial charge in [0.15, 0.2) is 0 Å². The fourth-order valence-corrected chi connectivity index (χ4v) is 4.05. The van der Waals surface area contributed by atoms with Crippen LogP contribution in [-0.4, -0.2) is 36.3 Å². The second kappa shape index (κ2) is 10.4. The molecule has 0 fully saturated rings. The van der Waals surface area contributed by atoms with Crippen molar-refractivity contribution in [1.82, 2.24) is 15.5 Å². The molecule has 1 atom stereocenters. The predicted molar refractivity (Wildman–Crippen MR) is 111 cm³/mol. The minimum Gasteiger partial charge on any atom is -0.351 e. The highest BCUT2D eigenvalue weighted by atomic mass is 35.5. The van der Waals surface area contributed by atoms with Gasteiger partial charge in [0.05, 0.1) is 17.5 Å². The van der Waals surface area contributed by atoms with E-state index in [2.05, 4.69) is 29.4 Å². The number of nitrogens with one attached hydrogen (secondary N) is 2. The molecule has 0 bridgehead atoms. The van der Waals surface area contributed by atoms with Crippen molar-refractivity contribution in [2.75, 3.05) is 19.6 Å². The molecule has 0 saturated carbocycles. The lowest BCUT2D eigenvalue weighted by Gasteiger charge is -2.30. The second-order valence-corrected chi connectivity index (χ2v) is 7.72. The number of rotatable bonds is 9. The maximum absolute atomic E-state index is 12.6. The summed E-state index contributed by atoms with van der Waals surface area (Å²) in [6.07, 6.45) is 0. The fraction of sp³-hybridized carbons (Fsp3) is 0.400. The Morgan fingerprint density at radius 3 is 2.44 bits per heavy atom. The largest absolute Gasteiger partial charge is 0.351 e. The van der Waals surface area contributed by atoms with Crippen molar-refractivity contribution in [3.63, 3.8) is 0 Å². The van der Waals surface area contributed by atoms with Crippen LogP contribution in [0.3, 0.4) is 0 Å². The van der Waals surface area contributed by atoms with Gasteiger partial charge in [-0.15, -0.1) is 11.3 Å². The van der Waals surface area contributed by atoms with Gasteiger partial charge in [-0.3, -0.25) is 14.5 Å². The first-order chi connectivity index (χ1) is 13.0. The summed E-state index contributed by atoms with van der Waals surface area (Å²) in [5.41, 5.74) is 1.01. The van der Waals surface area contributed by atoms with Gasteiger partial charge < -0.3 is 10.6 Å². The third-order valence-electron chi connectivity index (χ3n) is 4.37. The molecule has 146 valence electrons. The first kappa shape index (κ1) is 21.4. The molecular formula is C20H26ClN3O2S. The third kappa shape index (κ3) is 6.06. The molecule has 2 N–H and O–H groups in total. The second-order valence-electron chi connectivity index (χ2n) is 6.14. The molecular weight excluding hydrogens is 382 g/mol. The summed E-state index contributed by atoms with van der Waals surface area (Å²) in [4.78, 5) is 27.4. The number of carbonyl (C=O) groups is 2. The molecule has 0 spiro atoms. The highest BCUT2D eigenvalue weighted by Gasteiger charge is 2.21. The molecule has 2 aromatic rings. The van der Waals surface area contributed by atoms with E-state index in [9.17, 15) is 9.59 Å². The molecule has 0 aliphatic heterocycles. The van der Waals surface area contributed by atoms with Crippen LogP contribution in [0.4, 0.5) is 0 Å². The van der Waals surface area contributed by atoms with E-state index in [1.54, 1.807) is 6.07 Å². The number of carbonyl (C=O) groups excluding carboxylic acids is 2. The van der Waals surface area contributed by atoms with Crippen LogP contribution < -0.4 is 10.6 Å². The lowest BCUT2D eigenvalue weighted by molar-refractivity contribution is -0.119. The number of likely N-dealkylation sites (N-methyl/N-ethyl adjacent to an activating group) is 1. The zero-order valence-electron chi connectivity index (χ0n) is 15.9. The number of hydrogen-bond acceptors (Lipinski definition) is 4. The van der Waals surface area contributed by atoms with Gasteiger partial charge in [-0.1, -0.05) is 43.6 Å². The van der Waals surface area contributed by atoms with Crippen LogP contribution in [0.5, 0.6) is 0 Å². The van der Waals surface area contributed by atoms with Crippen molar-refractivity contribution in [2.24, 2.45) is 0 Å². The Hall–Kier alpha value is -1.89. The van der Waals surface area contributed by atoms with E-state index in [4.69, 9.17) is 11.6 Å². The highest BCUT2D eigenvalue weighted by Crippen LogP contribution is 2.27. The smallest absolute Gasteiger partial charge is 0.261 e. The summed E-state index contributed by atoms with van der Waals surface area (Å²) >= 11 is 7.79. The zero-order valence-corrected chi connectivity index (χ0v) is 17.5. The van der Waals surface area contributed by atoms with Crippen molar-refractivity contribution >= 4 is 34.8 Å². The summed E-state index contributed by atoms with van der Waals surface area (Å²) in [6, 6.07) is 11.4. The van der Waals surface area contributed by atoms with Gasteiger partial charge in [-0.25, -0.2) is 0 Å². The number of nitrogens with zero attached hydrogens (tertiary/aromatic N) is 1. The van der Waals surface area contributed by atoms with Crippen molar-refractivity contribution < 1.29 is 9.59 Å². The van der Waals surface area contributed by atoms with Crippen molar-refractivity contribution in [2.45, 2.75) is 33.4 Å². The zero-order chi connectivity index (χ0) is 19.8. The van der Waals surface area contributed by atoms with E-state index in [0.717, 1.165) is 23.5 Å². The minimum absolute atomic E-state index is 0.0106. The normalized spacial score (nSPS) is 12.0. The van der Waals surface area contributed by atoms with Crippen LogP contribution in [0.2, 0.25) is 5.02 Å². The first-order valence-corrected chi connectivity index (χ1v) is 10.3. The molecule has 1 aromatic heterocycles. The van der Waals surface area contributed by atoms with Gasteiger partial charge in [0, 0.05) is 23.4 Å². The van der Waals surface area contributed by atoms with Crippen LogP contribution in [0.15, 0.2) is 36.4 Å². The van der Waals surface area contributed by atoms with Crippen LogP contribution >= 0.6 is 22.9 Å². The summed E-state index contributed by atoms with van der Waals surface area (Å²) in [6.45, 7) is 8.32. The molecule has 1 heterocycles. The number of amides is 2. The molecule has 0 aliphatic rings. The van der Waals surface area contributed by atoms with E-state index in [-0.39, 0.29) is 17.9 Å². The topological polar surface area (TPSA) is 61.4 Å². The number of halogens is 1. The van der Waals surface area contributed by atoms with E-state index in [0.29, 0.717) is 23.0 Å². The van der Waals surface area contributed by atoms with Gasteiger partial charge in [-0.05, 0) is 36.9 Å². The standard InChI is InChI=1S/C20H26ClN3O2S/c1-4-24(5-2)18(16-8-6-7-9-17(16)21)13-23-20(26)19-11-10-15(27-19)12-22-14(3)25/h6-11,18H,4-5,12-13H2,1-3H3,(H,22,25)(H,23,26). The molecule has 0 aliphatic carbocycles. The molecule has 2 rings (SSSR count). The molecule has 27 heavy (non-hydrogen) atoms. The van der Waals surface area contributed by atoms with Gasteiger partial charge in [0.1, 0.15) is 0 Å². The summed E-state index contributed by atoms with van der Waals surface area (Å²) < 4.78 is 0. The fourth-order valence-electron chi connectivity index (χ4n) is 2.93. The summed E-state index contributed by atoms with van der Waals surface area (Å²) in [7, 11) is 0. The van der Waals surface area contributed by atoms with Crippen LogP contribution in [0.25, 0.3) is 0 Å². The Balaban J connectivity index is 2.07. The van der Waals surface area contributed by atoms with Crippen LogP contribution in [-0.2, 0) is 11.3 Å². The molecule has 1 unspecified atom stereocenters. The molecule has 2 amide bonds.